The Bertz CT molecular complexity index is 483. The van der Waals surface area contributed by atoms with Crippen LogP contribution in [0.2, 0.25) is 0 Å². The van der Waals surface area contributed by atoms with Crippen LogP contribution >= 0.6 is 0 Å². The van der Waals surface area contributed by atoms with Gasteiger partial charge in [0.05, 0.1) is 6.67 Å². The fourth-order valence-electron chi connectivity index (χ4n) is 2.55. The fourth-order valence-corrected chi connectivity index (χ4v) is 2.55. The molecular weight excluding hydrogens is 300 g/mol. The van der Waals surface area contributed by atoms with Gasteiger partial charge in [0, 0.05) is 30.0 Å². The van der Waals surface area contributed by atoms with Gasteiger partial charge in [0.1, 0.15) is 5.60 Å². The van der Waals surface area contributed by atoms with Crippen molar-refractivity contribution in [3.8, 4) is 0 Å². The van der Waals surface area contributed by atoms with E-state index in [0.29, 0.717) is 19.3 Å². The first-order valence-electron chi connectivity index (χ1n) is 7.65. The van der Waals surface area contributed by atoms with E-state index in [1.807, 2.05) is 0 Å². The largest absolute Gasteiger partial charge is 0.444 e. The summed E-state index contributed by atoms with van der Waals surface area (Å²) >= 11 is 0. The summed E-state index contributed by atoms with van der Waals surface area (Å²) in [6.07, 6.45) is 1.19. The summed E-state index contributed by atoms with van der Waals surface area (Å²) in [5.74, 6) is -0.367. The molecule has 1 aliphatic carbocycles. The van der Waals surface area contributed by atoms with Crippen LogP contribution in [0.5, 0.6) is 0 Å². The average molecular weight is 326 g/mol. The van der Waals surface area contributed by atoms with Gasteiger partial charge in [0.25, 0.3) is 0 Å². The van der Waals surface area contributed by atoms with E-state index in [0.717, 1.165) is 0 Å². The van der Waals surface area contributed by atoms with Crippen LogP contribution in [0.25, 0.3) is 10.4 Å². The van der Waals surface area contributed by atoms with E-state index in [1.165, 1.54) is 4.90 Å². The molecule has 1 saturated carbocycles. The molecule has 9 heteroatoms. The molecule has 3 atom stereocenters. The first-order chi connectivity index (χ1) is 10.6. The van der Waals surface area contributed by atoms with Gasteiger partial charge < -0.3 is 20.7 Å². The molecule has 0 saturated heterocycles. The number of ether oxygens (including phenoxy) is 1. The molecule has 0 heterocycles. The SMILES string of the molecule is CN(CN=[N+]=[N-])C(=O)[C@H]1CC[C@H](N)[C@H](NC(=O)OC(C)(C)C)C1. The lowest BCUT2D eigenvalue weighted by Gasteiger charge is -2.35. The average Bonchev–Trinajstić information content (AvgIpc) is 2.44. The van der Waals surface area contributed by atoms with Gasteiger partial charge in [-0.3, -0.25) is 4.79 Å². The quantitative estimate of drug-likeness (QED) is 0.462. The van der Waals surface area contributed by atoms with Crippen molar-refractivity contribution in [2.45, 2.75) is 57.7 Å². The highest BCUT2D eigenvalue weighted by atomic mass is 16.6. The highest BCUT2D eigenvalue weighted by molar-refractivity contribution is 5.79. The summed E-state index contributed by atoms with van der Waals surface area (Å²) in [4.78, 5) is 28.2. The molecular formula is C14H26N6O3. The van der Waals surface area contributed by atoms with Crippen LogP contribution in [0.15, 0.2) is 5.11 Å². The molecule has 3 N–H and O–H groups in total. The summed E-state index contributed by atoms with van der Waals surface area (Å²) in [7, 11) is 1.59. The lowest BCUT2D eigenvalue weighted by atomic mass is 9.82. The summed E-state index contributed by atoms with van der Waals surface area (Å²) < 4.78 is 5.23. The van der Waals surface area contributed by atoms with Crippen molar-refractivity contribution in [1.82, 2.24) is 10.2 Å². The maximum Gasteiger partial charge on any atom is 0.407 e. The second-order valence-corrected chi connectivity index (χ2v) is 6.84. The van der Waals surface area contributed by atoms with E-state index >= 15 is 0 Å². The molecule has 0 radical (unpaired) electrons. The zero-order valence-corrected chi connectivity index (χ0v) is 14.2. The Kier molecular flexibility index (Phi) is 6.65. The molecule has 0 aromatic rings. The van der Waals surface area contributed by atoms with Gasteiger partial charge in [-0.1, -0.05) is 5.11 Å². The predicted octanol–water partition coefficient (Wildman–Crippen LogP) is 1.73. The lowest BCUT2D eigenvalue weighted by molar-refractivity contribution is -0.135. The maximum absolute atomic E-state index is 12.3. The van der Waals surface area contributed by atoms with E-state index in [1.54, 1.807) is 27.8 Å². The number of alkyl carbamates (subject to hydrolysis) is 1. The molecule has 9 nitrogen and oxygen atoms in total. The van der Waals surface area contributed by atoms with Gasteiger partial charge in [-0.15, -0.1) is 0 Å². The van der Waals surface area contributed by atoms with Crippen molar-refractivity contribution < 1.29 is 14.3 Å². The Morgan fingerprint density at radius 2 is 2.09 bits per heavy atom. The number of nitrogens with two attached hydrogens (primary N) is 1. The Labute approximate surface area is 136 Å². The van der Waals surface area contributed by atoms with E-state index < -0.39 is 11.7 Å². The van der Waals surface area contributed by atoms with Crippen LogP contribution in [0, 0.1) is 5.92 Å². The molecule has 0 aromatic carbocycles. The van der Waals surface area contributed by atoms with Gasteiger partial charge in [-0.05, 0) is 45.6 Å². The van der Waals surface area contributed by atoms with E-state index in [-0.39, 0.29) is 30.6 Å². The molecule has 23 heavy (non-hydrogen) atoms. The van der Waals surface area contributed by atoms with Gasteiger partial charge in [0.15, 0.2) is 0 Å². The van der Waals surface area contributed by atoms with E-state index in [9.17, 15) is 9.59 Å². The number of nitrogens with zero attached hydrogens (tertiary/aromatic N) is 4. The van der Waals surface area contributed by atoms with Crippen LogP contribution in [0.4, 0.5) is 4.79 Å². The first kappa shape index (κ1) is 19.1. The molecule has 1 rings (SSSR count). The topological polar surface area (TPSA) is 133 Å². The smallest absolute Gasteiger partial charge is 0.407 e. The van der Waals surface area contributed by atoms with Crippen molar-refractivity contribution in [3.05, 3.63) is 10.4 Å². The summed E-state index contributed by atoms with van der Waals surface area (Å²) in [5, 5.41) is 6.13. The third-order valence-corrected chi connectivity index (χ3v) is 3.67. The fraction of sp³-hybridized carbons (Fsp3) is 0.857. The Hall–Kier alpha value is -1.99. The molecule has 1 aliphatic rings. The van der Waals surface area contributed by atoms with Crippen molar-refractivity contribution in [2.75, 3.05) is 13.7 Å². The van der Waals surface area contributed by atoms with Crippen LogP contribution < -0.4 is 11.1 Å². The number of rotatable bonds is 4. The molecule has 1 fully saturated rings. The number of nitrogens with one attached hydrogen (secondary N) is 1. The second-order valence-electron chi connectivity index (χ2n) is 6.84. The Morgan fingerprint density at radius 1 is 1.43 bits per heavy atom. The predicted molar refractivity (Wildman–Crippen MR) is 85.3 cm³/mol. The van der Waals surface area contributed by atoms with E-state index in [2.05, 4.69) is 15.3 Å². The van der Waals surface area contributed by atoms with Gasteiger partial charge >= 0.3 is 6.09 Å². The summed E-state index contributed by atoms with van der Waals surface area (Å²) in [5.41, 5.74) is 13.8. The second kappa shape index (κ2) is 8.03. The summed E-state index contributed by atoms with van der Waals surface area (Å²) in [6.45, 7) is 5.33. The lowest BCUT2D eigenvalue weighted by Crippen LogP contribution is -2.53. The zero-order valence-electron chi connectivity index (χ0n) is 14.2. The van der Waals surface area contributed by atoms with Crippen LogP contribution in [-0.2, 0) is 9.53 Å². The van der Waals surface area contributed by atoms with Crippen LogP contribution in [0.3, 0.4) is 0 Å². The van der Waals surface area contributed by atoms with Gasteiger partial charge in [-0.25, -0.2) is 4.79 Å². The molecule has 0 bridgehead atoms. The Balaban J connectivity index is 2.63. The molecule has 0 unspecified atom stereocenters. The number of carbonyl (C=O) groups excluding carboxylic acids is 2. The minimum Gasteiger partial charge on any atom is -0.444 e. The van der Waals surface area contributed by atoms with Crippen molar-refractivity contribution in [3.63, 3.8) is 0 Å². The van der Waals surface area contributed by atoms with Crippen molar-refractivity contribution >= 4 is 12.0 Å². The highest BCUT2D eigenvalue weighted by Crippen LogP contribution is 2.25. The first-order valence-corrected chi connectivity index (χ1v) is 7.65. The molecule has 0 aliphatic heterocycles. The third-order valence-electron chi connectivity index (χ3n) is 3.67. The van der Waals surface area contributed by atoms with Gasteiger partial charge in [0.2, 0.25) is 5.91 Å². The Morgan fingerprint density at radius 3 is 2.65 bits per heavy atom. The number of amides is 2. The molecule has 130 valence electrons. The molecule has 2 amide bonds. The number of azide groups is 1. The van der Waals surface area contributed by atoms with Gasteiger partial charge in [-0.2, -0.15) is 0 Å². The highest BCUT2D eigenvalue weighted by Gasteiger charge is 2.34. The monoisotopic (exact) mass is 326 g/mol. The molecule has 0 aromatic heterocycles. The van der Waals surface area contributed by atoms with Crippen LogP contribution in [-0.4, -0.2) is 48.3 Å². The minimum absolute atomic E-state index is 0.0119. The number of carbonyl (C=O) groups is 2. The van der Waals surface area contributed by atoms with E-state index in [4.69, 9.17) is 16.0 Å². The van der Waals surface area contributed by atoms with Crippen molar-refractivity contribution in [1.29, 1.82) is 0 Å². The maximum atomic E-state index is 12.3. The third kappa shape index (κ3) is 6.33. The number of hydrogen-bond donors (Lipinski definition) is 2. The van der Waals surface area contributed by atoms with Crippen molar-refractivity contribution in [2.24, 2.45) is 16.8 Å². The zero-order chi connectivity index (χ0) is 17.6. The standard InChI is InChI=1S/C14H26N6O3/c1-14(2,3)23-13(22)18-11-7-9(5-6-10(11)15)12(21)20(4)8-17-19-16/h9-11H,5-8,15H2,1-4H3,(H,18,22)/t9-,10-,11+/m0/s1. The summed E-state index contributed by atoms with van der Waals surface area (Å²) in [6, 6.07) is -0.533. The van der Waals surface area contributed by atoms with Crippen LogP contribution in [0.1, 0.15) is 40.0 Å². The normalized spacial score (nSPS) is 24.3. The minimum atomic E-state index is -0.590. The number of hydrogen-bond acceptors (Lipinski definition) is 5. The molecule has 0 spiro atoms.